The fourth-order valence-corrected chi connectivity index (χ4v) is 2.71. The van der Waals surface area contributed by atoms with Gasteiger partial charge in [-0.25, -0.2) is 0 Å². The number of methoxy groups -OCH3 is 1. The van der Waals surface area contributed by atoms with Crippen molar-refractivity contribution in [2.24, 2.45) is 0 Å². The van der Waals surface area contributed by atoms with Crippen molar-refractivity contribution in [2.75, 3.05) is 7.11 Å². The summed E-state index contributed by atoms with van der Waals surface area (Å²) in [4.78, 5) is 12.3. The van der Waals surface area contributed by atoms with E-state index in [4.69, 9.17) is 27.9 Å². The summed E-state index contributed by atoms with van der Waals surface area (Å²) >= 11 is 15.3. The first kappa shape index (κ1) is 15.4. The van der Waals surface area contributed by atoms with Gasteiger partial charge in [0.15, 0.2) is 5.78 Å². The molecule has 2 rings (SSSR count). The average molecular weight is 374 g/mol. The lowest BCUT2D eigenvalue weighted by Gasteiger charge is -2.07. The smallest absolute Gasteiger partial charge is 0.167 e. The molecule has 2 aromatic rings. The van der Waals surface area contributed by atoms with E-state index in [-0.39, 0.29) is 12.2 Å². The van der Waals surface area contributed by atoms with Crippen molar-refractivity contribution in [3.05, 3.63) is 62.0 Å². The molecule has 2 nitrogen and oxygen atoms in total. The Bertz CT molecular complexity index is 656. The van der Waals surface area contributed by atoms with Gasteiger partial charge in [0, 0.05) is 22.0 Å². The van der Waals surface area contributed by atoms with Gasteiger partial charge in [0.1, 0.15) is 5.75 Å². The van der Waals surface area contributed by atoms with Crippen LogP contribution in [0.3, 0.4) is 0 Å². The molecule has 2 aromatic carbocycles. The highest BCUT2D eigenvalue weighted by Crippen LogP contribution is 2.27. The van der Waals surface area contributed by atoms with Crippen molar-refractivity contribution in [3.63, 3.8) is 0 Å². The Hall–Kier alpha value is -1.03. The minimum absolute atomic E-state index is 0.0301. The lowest BCUT2D eigenvalue weighted by atomic mass is 10.0. The number of hydrogen-bond donors (Lipinski definition) is 0. The van der Waals surface area contributed by atoms with Crippen molar-refractivity contribution in [1.82, 2.24) is 0 Å². The zero-order valence-electron chi connectivity index (χ0n) is 10.6. The molecule has 0 heterocycles. The third-order valence-electron chi connectivity index (χ3n) is 2.83. The monoisotopic (exact) mass is 372 g/mol. The number of benzene rings is 2. The van der Waals surface area contributed by atoms with Crippen molar-refractivity contribution >= 4 is 44.9 Å². The molecule has 0 radical (unpaired) electrons. The normalized spacial score (nSPS) is 10.4. The molecule has 0 aliphatic rings. The maximum atomic E-state index is 12.3. The number of carbonyl (C=O) groups excluding carboxylic acids is 1. The number of rotatable bonds is 4. The number of hydrogen-bond acceptors (Lipinski definition) is 2. The highest BCUT2D eigenvalue weighted by molar-refractivity contribution is 9.10. The number of Topliss-reactive ketones (excluding diaryl/α,β-unsaturated/α-hetero) is 1. The molecular weight excluding hydrogens is 363 g/mol. The first-order chi connectivity index (χ1) is 9.51. The maximum Gasteiger partial charge on any atom is 0.167 e. The van der Waals surface area contributed by atoms with Crippen molar-refractivity contribution in [2.45, 2.75) is 6.42 Å². The molecule has 0 atom stereocenters. The Morgan fingerprint density at radius 3 is 2.60 bits per heavy atom. The molecule has 5 heteroatoms. The van der Waals surface area contributed by atoms with Gasteiger partial charge in [0.25, 0.3) is 0 Å². The van der Waals surface area contributed by atoms with E-state index in [9.17, 15) is 4.79 Å². The van der Waals surface area contributed by atoms with Crippen molar-refractivity contribution < 1.29 is 9.53 Å². The first-order valence-corrected chi connectivity index (χ1v) is 7.37. The van der Waals surface area contributed by atoms with E-state index in [0.717, 1.165) is 10.0 Å². The second-order valence-electron chi connectivity index (χ2n) is 4.19. The van der Waals surface area contributed by atoms with Crippen LogP contribution in [0.4, 0.5) is 0 Å². The van der Waals surface area contributed by atoms with Gasteiger partial charge in [-0.1, -0.05) is 23.2 Å². The van der Waals surface area contributed by atoms with E-state index in [2.05, 4.69) is 15.9 Å². The second-order valence-corrected chi connectivity index (χ2v) is 5.88. The van der Waals surface area contributed by atoms with Gasteiger partial charge in [-0.2, -0.15) is 0 Å². The highest BCUT2D eigenvalue weighted by atomic mass is 79.9. The predicted octanol–water partition coefficient (Wildman–Crippen LogP) is 5.19. The molecule has 0 spiro atoms. The Morgan fingerprint density at radius 1 is 1.20 bits per heavy atom. The minimum atomic E-state index is -0.0301. The van der Waals surface area contributed by atoms with Gasteiger partial charge >= 0.3 is 0 Å². The molecule has 0 amide bonds. The van der Waals surface area contributed by atoms with Crippen LogP contribution < -0.4 is 4.74 Å². The molecule has 0 fully saturated rings. The van der Waals surface area contributed by atoms with Crippen LogP contribution in [0.25, 0.3) is 0 Å². The fraction of sp³-hybridized carbons (Fsp3) is 0.133. The summed E-state index contributed by atoms with van der Waals surface area (Å²) in [6.07, 6.45) is 0.207. The zero-order valence-corrected chi connectivity index (χ0v) is 13.7. The largest absolute Gasteiger partial charge is 0.496 e. The van der Waals surface area contributed by atoms with Crippen LogP contribution in [0.2, 0.25) is 10.0 Å². The fourth-order valence-electron chi connectivity index (χ4n) is 1.79. The van der Waals surface area contributed by atoms with E-state index in [1.165, 1.54) is 0 Å². The molecule has 0 aliphatic carbocycles. The third kappa shape index (κ3) is 3.54. The third-order valence-corrected chi connectivity index (χ3v) is 4.06. The van der Waals surface area contributed by atoms with Crippen LogP contribution in [-0.4, -0.2) is 12.9 Å². The van der Waals surface area contributed by atoms with Crippen LogP contribution in [0.15, 0.2) is 40.9 Å². The first-order valence-electron chi connectivity index (χ1n) is 5.82. The molecule has 0 saturated heterocycles. The SMILES string of the molecule is COc1ccc(C(=O)Cc2cc(Cl)ccc2Cl)cc1Br. The Kier molecular flexibility index (Phi) is 5.08. The van der Waals surface area contributed by atoms with Crippen molar-refractivity contribution in [1.29, 1.82) is 0 Å². The Balaban J connectivity index is 2.24. The van der Waals surface area contributed by atoms with E-state index >= 15 is 0 Å². The van der Waals surface area contributed by atoms with Crippen LogP contribution in [0, 0.1) is 0 Å². The lowest BCUT2D eigenvalue weighted by molar-refractivity contribution is 0.0993. The van der Waals surface area contributed by atoms with Crippen LogP contribution in [-0.2, 0) is 6.42 Å². The lowest BCUT2D eigenvalue weighted by Crippen LogP contribution is -2.04. The van der Waals surface area contributed by atoms with Crippen LogP contribution >= 0.6 is 39.1 Å². The van der Waals surface area contributed by atoms with Gasteiger partial charge in [0.2, 0.25) is 0 Å². The molecule has 0 N–H and O–H groups in total. The molecule has 0 unspecified atom stereocenters. The van der Waals surface area contributed by atoms with E-state index in [1.54, 1.807) is 43.5 Å². The molecule has 0 saturated carbocycles. The van der Waals surface area contributed by atoms with Gasteiger partial charge in [0.05, 0.1) is 11.6 Å². The minimum Gasteiger partial charge on any atom is -0.496 e. The summed E-state index contributed by atoms with van der Waals surface area (Å²) < 4.78 is 5.88. The summed E-state index contributed by atoms with van der Waals surface area (Å²) in [5.41, 5.74) is 1.31. The number of halogens is 3. The van der Waals surface area contributed by atoms with Crippen LogP contribution in [0.5, 0.6) is 5.75 Å². The van der Waals surface area contributed by atoms with Gasteiger partial charge in [-0.15, -0.1) is 0 Å². The topological polar surface area (TPSA) is 26.3 Å². The number of carbonyl (C=O) groups is 1. The molecule has 104 valence electrons. The Labute approximate surface area is 135 Å². The summed E-state index contributed by atoms with van der Waals surface area (Å²) in [7, 11) is 1.58. The second kappa shape index (κ2) is 6.61. The summed E-state index contributed by atoms with van der Waals surface area (Å²) in [6, 6.07) is 10.3. The average Bonchev–Trinajstić information content (AvgIpc) is 2.42. The molecule has 0 aromatic heterocycles. The Morgan fingerprint density at radius 2 is 1.95 bits per heavy atom. The summed E-state index contributed by atoms with van der Waals surface area (Å²) in [5.74, 6) is 0.653. The summed E-state index contributed by atoms with van der Waals surface area (Å²) in [6.45, 7) is 0. The molecular formula is C15H11BrCl2O2. The maximum absolute atomic E-state index is 12.3. The number of ether oxygens (including phenoxy) is 1. The standard InChI is InChI=1S/C15H11BrCl2O2/c1-20-15-5-2-9(7-12(15)16)14(19)8-10-6-11(17)3-4-13(10)18/h2-7H,8H2,1H3. The van der Waals surface area contributed by atoms with Crippen LogP contribution in [0.1, 0.15) is 15.9 Å². The summed E-state index contributed by atoms with van der Waals surface area (Å²) in [5, 5.41) is 1.10. The van der Waals surface area contributed by atoms with Gasteiger partial charge < -0.3 is 4.74 Å². The zero-order chi connectivity index (χ0) is 14.7. The molecule has 0 bridgehead atoms. The van der Waals surface area contributed by atoms with Crippen molar-refractivity contribution in [3.8, 4) is 5.75 Å². The molecule has 0 aliphatic heterocycles. The predicted molar refractivity (Wildman–Crippen MR) is 85.2 cm³/mol. The number of ketones is 1. The van der Waals surface area contributed by atoms with Gasteiger partial charge in [-0.3, -0.25) is 4.79 Å². The van der Waals surface area contributed by atoms with E-state index < -0.39 is 0 Å². The quantitative estimate of drug-likeness (QED) is 0.689. The van der Waals surface area contributed by atoms with Gasteiger partial charge in [-0.05, 0) is 57.9 Å². The highest BCUT2D eigenvalue weighted by Gasteiger charge is 2.12. The van der Waals surface area contributed by atoms with E-state index in [1.807, 2.05) is 0 Å². The molecule has 20 heavy (non-hydrogen) atoms. The van der Waals surface area contributed by atoms with E-state index in [0.29, 0.717) is 21.4 Å².